The summed E-state index contributed by atoms with van der Waals surface area (Å²) < 4.78 is 0. The van der Waals surface area contributed by atoms with E-state index in [1.165, 1.54) is 0 Å². The number of anilines is 2. The number of terminal acetylenes is 1. The molecule has 1 heteroatoms. The molecule has 2 aromatic rings. The van der Waals surface area contributed by atoms with Crippen molar-refractivity contribution >= 4 is 11.4 Å². The van der Waals surface area contributed by atoms with E-state index in [9.17, 15) is 0 Å². The Morgan fingerprint density at radius 2 is 1.40 bits per heavy atom. The molecule has 0 radical (unpaired) electrons. The van der Waals surface area contributed by atoms with Crippen LogP contribution in [0.4, 0.5) is 11.4 Å². The van der Waals surface area contributed by atoms with E-state index in [4.69, 9.17) is 6.42 Å². The quantitative estimate of drug-likeness (QED) is 0.721. The Morgan fingerprint density at radius 3 is 2.00 bits per heavy atom. The molecule has 0 heterocycles. The van der Waals surface area contributed by atoms with E-state index in [0.29, 0.717) is 0 Å². The van der Waals surface area contributed by atoms with Gasteiger partial charge in [0.1, 0.15) is 0 Å². The standard InChI is InChI=1S/C14H11N/c1-2-12-8-10-14(11-9-12)15-13-6-4-3-5-7-13/h1,3-11,15H. The number of hydrogen-bond donors (Lipinski definition) is 1. The van der Waals surface area contributed by atoms with Crippen LogP contribution >= 0.6 is 0 Å². The lowest BCUT2D eigenvalue weighted by Crippen LogP contribution is -1.89. The number of nitrogens with one attached hydrogen (secondary N) is 1. The number of benzene rings is 2. The highest BCUT2D eigenvalue weighted by Crippen LogP contribution is 2.15. The second-order valence-electron chi connectivity index (χ2n) is 3.21. The highest BCUT2D eigenvalue weighted by atomic mass is 14.9. The van der Waals surface area contributed by atoms with Gasteiger partial charge in [0, 0.05) is 16.9 Å². The van der Waals surface area contributed by atoms with Crippen LogP contribution in [-0.4, -0.2) is 0 Å². The molecule has 0 saturated carbocycles. The Balaban J connectivity index is 2.16. The number of hydrogen-bond acceptors (Lipinski definition) is 1. The van der Waals surface area contributed by atoms with Crippen molar-refractivity contribution in [3.05, 3.63) is 60.2 Å². The van der Waals surface area contributed by atoms with Crippen LogP contribution in [0.2, 0.25) is 0 Å². The lowest BCUT2D eigenvalue weighted by atomic mass is 10.2. The summed E-state index contributed by atoms with van der Waals surface area (Å²) in [7, 11) is 0. The van der Waals surface area contributed by atoms with Crippen LogP contribution in [0.15, 0.2) is 54.6 Å². The van der Waals surface area contributed by atoms with Crippen LogP contribution in [0.25, 0.3) is 0 Å². The normalized spacial score (nSPS) is 9.27. The zero-order valence-corrected chi connectivity index (χ0v) is 8.27. The van der Waals surface area contributed by atoms with Crippen molar-refractivity contribution in [2.75, 3.05) is 5.32 Å². The van der Waals surface area contributed by atoms with Crippen molar-refractivity contribution in [2.45, 2.75) is 0 Å². The topological polar surface area (TPSA) is 12.0 Å². The molecule has 0 aromatic heterocycles. The van der Waals surface area contributed by atoms with Crippen LogP contribution < -0.4 is 5.32 Å². The monoisotopic (exact) mass is 193 g/mol. The first-order valence-electron chi connectivity index (χ1n) is 4.77. The first-order chi connectivity index (χ1) is 7.38. The zero-order valence-electron chi connectivity index (χ0n) is 8.27. The fourth-order valence-electron chi connectivity index (χ4n) is 1.34. The molecule has 0 amide bonds. The molecule has 0 atom stereocenters. The van der Waals surface area contributed by atoms with Gasteiger partial charge >= 0.3 is 0 Å². The second kappa shape index (κ2) is 4.34. The second-order valence-corrected chi connectivity index (χ2v) is 3.21. The van der Waals surface area contributed by atoms with E-state index < -0.39 is 0 Å². The highest BCUT2D eigenvalue weighted by Gasteiger charge is 1.92. The van der Waals surface area contributed by atoms with E-state index in [0.717, 1.165) is 16.9 Å². The molecule has 0 aliphatic carbocycles. The van der Waals surface area contributed by atoms with Crippen LogP contribution in [0.3, 0.4) is 0 Å². The summed E-state index contributed by atoms with van der Waals surface area (Å²) in [6.07, 6.45) is 5.28. The van der Waals surface area contributed by atoms with Gasteiger partial charge in [0.15, 0.2) is 0 Å². The molecule has 0 spiro atoms. The molecule has 0 aliphatic rings. The van der Waals surface area contributed by atoms with Crippen molar-refractivity contribution in [2.24, 2.45) is 0 Å². The summed E-state index contributed by atoms with van der Waals surface area (Å²) in [5.41, 5.74) is 3.01. The Morgan fingerprint density at radius 1 is 0.800 bits per heavy atom. The van der Waals surface area contributed by atoms with E-state index >= 15 is 0 Å². The average Bonchev–Trinajstić information content (AvgIpc) is 2.31. The predicted molar refractivity (Wildman–Crippen MR) is 64.1 cm³/mol. The molecular weight excluding hydrogens is 182 g/mol. The number of rotatable bonds is 2. The molecule has 2 aromatic carbocycles. The van der Waals surface area contributed by atoms with Crippen molar-refractivity contribution in [3.63, 3.8) is 0 Å². The molecule has 72 valence electrons. The lowest BCUT2D eigenvalue weighted by molar-refractivity contribution is 1.54. The lowest BCUT2D eigenvalue weighted by Gasteiger charge is -2.05. The largest absolute Gasteiger partial charge is 0.356 e. The van der Waals surface area contributed by atoms with Gasteiger partial charge in [-0.1, -0.05) is 24.1 Å². The zero-order chi connectivity index (χ0) is 10.5. The molecule has 0 aliphatic heterocycles. The summed E-state index contributed by atoms with van der Waals surface area (Å²) in [6.45, 7) is 0. The summed E-state index contributed by atoms with van der Waals surface area (Å²) in [5, 5.41) is 3.29. The van der Waals surface area contributed by atoms with E-state index in [2.05, 4.69) is 11.2 Å². The van der Waals surface area contributed by atoms with Crippen LogP contribution in [0.1, 0.15) is 5.56 Å². The SMILES string of the molecule is C#Cc1ccc(Nc2ccccc2)cc1. The third-order valence-electron chi connectivity index (χ3n) is 2.11. The third-order valence-corrected chi connectivity index (χ3v) is 2.11. The van der Waals surface area contributed by atoms with Crippen molar-refractivity contribution in [1.29, 1.82) is 0 Å². The third kappa shape index (κ3) is 2.38. The molecule has 15 heavy (non-hydrogen) atoms. The Labute approximate surface area is 89.8 Å². The molecule has 0 unspecified atom stereocenters. The van der Waals surface area contributed by atoms with Gasteiger partial charge in [-0.05, 0) is 36.4 Å². The van der Waals surface area contributed by atoms with Crippen molar-refractivity contribution < 1.29 is 0 Å². The van der Waals surface area contributed by atoms with E-state index in [1.807, 2.05) is 54.6 Å². The van der Waals surface area contributed by atoms with Gasteiger partial charge < -0.3 is 5.32 Å². The van der Waals surface area contributed by atoms with Gasteiger partial charge in [-0.3, -0.25) is 0 Å². The predicted octanol–water partition coefficient (Wildman–Crippen LogP) is 3.41. The maximum atomic E-state index is 5.28. The average molecular weight is 193 g/mol. The molecule has 2 rings (SSSR count). The summed E-state index contributed by atoms with van der Waals surface area (Å²) in [6, 6.07) is 17.8. The fraction of sp³-hybridized carbons (Fsp3) is 0. The Hall–Kier alpha value is -2.20. The minimum Gasteiger partial charge on any atom is -0.356 e. The van der Waals surface area contributed by atoms with E-state index in [-0.39, 0.29) is 0 Å². The van der Waals surface area contributed by atoms with Gasteiger partial charge in [-0.2, -0.15) is 0 Å². The van der Waals surface area contributed by atoms with Crippen LogP contribution in [0.5, 0.6) is 0 Å². The maximum Gasteiger partial charge on any atom is 0.0385 e. The van der Waals surface area contributed by atoms with E-state index in [1.54, 1.807) is 0 Å². The minimum atomic E-state index is 0.897. The van der Waals surface area contributed by atoms with Gasteiger partial charge in [0.25, 0.3) is 0 Å². The molecule has 1 N–H and O–H groups in total. The summed E-state index contributed by atoms with van der Waals surface area (Å²) in [4.78, 5) is 0. The maximum absolute atomic E-state index is 5.28. The van der Waals surface area contributed by atoms with Crippen molar-refractivity contribution in [3.8, 4) is 12.3 Å². The molecule has 0 saturated heterocycles. The first-order valence-corrected chi connectivity index (χ1v) is 4.77. The fourth-order valence-corrected chi connectivity index (χ4v) is 1.34. The minimum absolute atomic E-state index is 0.897. The molecule has 0 fully saturated rings. The van der Waals surface area contributed by atoms with Gasteiger partial charge in [-0.15, -0.1) is 6.42 Å². The Kier molecular flexibility index (Phi) is 2.71. The smallest absolute Gasteiger partial charge is 0.0385 e. The van der Waals surface area contributed by atoms with Gasteiger partial charge in [-0.25, -0.2) is 0 Å². The van der Waals surface area contributed by atoms with Crippen molar-refractivity contribution in [1.82, 2.24) is 0 Å². The Bertz CT molecular complexity index is 463. The van der Waals surface area contributed by atoms with Gasteiger partial charge in [0.05, 0.1) is 0 Å². The van der Waals surface area contributed by atoms with Gasteiger partial charge in [0.2, 0.25) is 0 Å². The summed E-state index contributed by atoms with van der Waals surface area (Å²) >= 11 is 0. The number of para-hydroxylation sites is 1. The molecular formula is C14H11N. The molecule has 0 bridgehead atoms. The molecule has 1 nitrogen and oxygen atoms in total. The first kappa shape index (κ1) is 9.36. The summed E-state index contributed by atoms with van der Waals surface area (Å²) in [5.74, 6) is 2.59. The van der Waals surface area contributed by atoms with Crippen LogP contribution in [0, 0.1) is 12.3 Å². The van der Waals surface area contributed by atoms with Crippen LogP contribution in [-0.2, 0) is 0 Å². The highest BCUT2D eigenvalue weighted by molar-refractivity contribution is 5.60.